The van der Waals surface area contributed by atoms with Gasteiger partial charge in [0.25, 0.3) is 0 Å². The van der Waals surface area contributed by atoms with Crippen molar-refractivity contribution < 1.29 is 0 Å². The number of aromatic nitrogens is 2. The number of fused-ring (bicyclic) bond motifs is 3. The molecule has 3 aromatic rings. The maximum Gasteiger partial charge on any atom is 0.138 e. The summed E-state index contributed by atoms with van der Waals surface area (Å²) in [6.07, 6.45) is 10.3. The van der Waals surface area contributed by atoms with Crippen LogP contribution in [0.2, 0.25) is 0 Å². The van der Waals surface area contributed by atoms with Crippen LogP contribution in [-0.2, 0) is 19.4 Å². The van der Waals surface area contributed by atoms with Crippen LogP contribution < -0.4 is 5.32 Å². The van der Waals surface area contributed by atoms with Crippen molar-refractivity contribution in [3.63, 3.8) is 0 Å². The Labute approximate surface area is 171 Å². The van der Waals surface area contributed by atoms with Gasteiger partial charge in [0.2, 0.25) is 0 Å². The molecule has 0 aliphatic heterocycles. The summed E-state index contributed by atoms with van der Waals surface area (Å²) in [5, 5.41) is 5.09. The molecule has 1 N–H and O–H groups in total. The second-order valence-electron chi connectivity index (χ2n) is 8.31. The summed E-state index contributed by atoms with van der Waals surface area (Å²) in [5.41, 5.74) is 2.92. The van der Waals surface area contributed by atoms with Crippen LogP contribution in [0.3, 0.4) is 0 Å². The molecule has 28 heavy (non-hydrogen) atoms. The number of anilines is 1. The number of thiophene rings is 1. The van der Waals surface area contributed by atoms with Crippen molar-refractivity contribution in [2.45, 2.75) is 63.6 Å². The minimum absolute atomic E-state index is 0.524. The Hall–Kier alpha value is -1.98. The quantitative estimate of drug-likeness (QED) is 0.661. The summed E-state index contributed by atoms with van der Waals surface area (Å²) in [6.45, 7) is 1.04. The van der Waals surface area contributed by atoms with E-state index in [2.05, 4.69) is 57.6 Å². The largest absolute Gasteiger partial charge is 0.367 e. The highest BCUT2D eigenvalue weighted by atomic mass is 32.1. The van der Waals surface area contributed by atoms with E-state index in [0.29, 0.717) is 12.1 Å². The first-order valence-electron chi connectivity index (χ1n) is 10.5. The summed E-state index contributed by atoms with van der Waals surface area (Å²) >= 11 is 1.87. The average Bonchev–Trinajstić information content (AvgIpc) is 3.31. The van der Waals surface area contributed by atoms with Gasteiger partial charge in [-0.1, -0.05) is 30.3 Å². The molecule has 146 valence electrons. The zero-order valence-corrected chi connectivity index (χ0v) is 17.3. The third-order valence-corrected chi connectivity index (χ3v) is 7.64. The maximum absolute atomic E-state index is 4.63. The molecule has 0 radical (unpaired) electrons. The molecule has 2 aliphatic carbocycles. The van der Waals surface area contributed by atoms with E-state index >= 15 is 0 Å². The predicted molar refractivity (Wildman–Crippen MR) is 117 cm³/mol. The highest BCUT2D eigenvalue weighted by Gasteiger charge is 2.26. The Balaban J connectivity index is 1.23. The molecule has 0 atom stereocenters. The summed E-state index contributed by atoms with van der Waals surface area (Å²) in [6, 6.07) is 12.0. The molecule has 5 rings (SSSR count). The number of nitrogens with zero attached hydrogens (tertiary/aromatic N) is 3. The fourth-order valence-electron chi connectivity index (χ4n) is 4.89. The second kappa shape index (κ2) is 7.80. The molecule has 1 fully saturated rings. The Morgan fingerprint density at radius 1 is 1.07 bits per heavy atom. The number of benzene rings is 1. The molecule has 0 spiro atoms. The van der Waals surface area contributed by atoms with Gasteiger partial charge < -0.3 is 5.32 Å². The third-order valence-electron chi connectivity index (χ3n) is 6.44. The number of rotatable bonds is 5. The Bertz CT molecular complexity index is 944. The number of nitrogens with one attached hydrogen (secondary N) is 1. The number of hydrogen-bond acceptors (Lipinski definition) is 5. The van der Waals surface area contributed by atoms with Gasteiger partial charge in [-0.2, -0.15) is 0 Å². The molecule has 2 heterocycles. The molecular formula is C23H28N4S. The van der Waals surface area contributed by atoms with Gasteiger partial charge in [-0.05, 0) is 63.1 Å². The minimum atomic E-state index is 0.524. The first-order valence-corrected chi connectivity index (χ1v) is 11.4. The topological polar surface area (TPSA) is 41.0 Å². The predicted octanol–water partition coefficient (Wildman–Crippen LogP) is 5.04. The summed E-state index contributed by atoms with van der Waals surface area (Å²) in [5.74, 6) is 1.07. The average molecular weight is 393 g/mol. The molecule has 0 unspecified atom stereocenters. The van der Waals surface area contributed by atoms with Crippen LogP contribution in [0.4, 0.5) is 5.82 Å². The van der Waals surface area contributed by atoms with E-state index in [4.69, 9.17) is 0 Å². The molecular weight excluding hydrogens is 364 g/mol. The van der Waals surface area contributed by atoms with Crippen LogP contribution in [-0.4, -0.2) is 34.0 Å². The zero-order chi connectivity index (χ0) is 18.9. The Morgan fingerprint density at radius 3 is 2.71 bits per heavy atom. The Morgan fingerprint density at radius 2 is 1.89 bits per heavy atom. The first kappa shape index (κ1) is 18.1. The lowest BCUT2D eigenvalue weighted by molar-refractivity contribution is 0.179. The van der Waals surface area contributed by atoms with Gasteiger partial charge in [0.05, 0.1) is 5.39 Å². The van der Waals surface area contributed by atoms with Crippen LogP contribution in [0.25, 0.3) is 10.2 Å². The molecule has 0 bridgehead atoms. The van der Waals surface area contributed by atoms with E-state index in [-0.39, 0.29) is 0 Å². The Kier molecular flexibility index (Phi) is 5.03. The second-order valence-corrected chi connectivity index (χ2v) is 9.39. The van der Waals surface area contributed by atoms with E-state index in [0.717, 1.165) is 12.4 Å². The number of aryl methyl sites for hydroxylation is 2. The van der Waals surface area contributed by atoms with Crippen molar-refractivity contribution in [1.82, 2.24) is 14.9 Å². The van der Waals surface area contributed by atoms with Gasteiger partial charge in [0, 0.05) is 23.5 Å². The lowest BCUT2D eigenvalue weighted by Crippen LogP contribution is -2.38. The van der Waals surface area contributed by atoms with E-state index in [1.807, 2.05) is 11.3 Å². The van der Waals surface area contributed by atoms with Crippen LogP contribution in [0.5, 0.6) is 0 Å². The van der Waals surface area contributed by atoms with Gasteiger partial charge in [-0.3, -0.25) is 4.90 Å². The normalized spacial score (nSPS) is 21.9. The summed E-state index contributed by atoms with van der Waals surface area (Å²) < 4.78 is 0. The van der Waals surface area contributed by atoms with Crippen LogP contribution in [0.1, 0.15) is 48.1 Å². The van der Waals surface area contributed by atoms with Gasteiger partial charge in [-0.25, -0.2) is 9.97 Å². The third kappa shape index (κ3) is 3.53. The molecule has 4 nitrogen and oxygen atoms in total. The maximum atomic E-state index is 4.63. The van der Waals surface area contributed by atoms with Crippen LogP contribution >= 0.6 is 11.3 Å². The molecule has 5 heteroatoms. The minimum Gasteiger partial charge on any atom is -0.367 e. The fraction of sp³-hybridized carbons (Fsp3) is 0.478. The standard InChI is InChI=1S/C23H28N4S/c1-27(14-16-6-3-2-4-7-16)18-12-10-17(11-13-18)26-22-21-19-8-5-9-20(19)28-23(21)25-15-24-22/h2-4,6-7,15,17-18H,5,8-14H2,1H3,(H,24,25,26). The van der Waals surface area contributed by atoms with Crippen molar-refractivity contribution >= 4 is 27.4 Å². The van der Waals surface area contributed by atoms with Crippen molar-refractivity contribution in [3.8, 4) is 0 Å². The lowest BCUT2D eigenvalue weighted by atomic mass is 9.90. The monoisotopic (exact) mass is 392 g/mol. The molecule has 0 amide bonds. The van der Waals surface area contributed by atoms with E-state index in [9.17, 15) is 0 Å². The van der Waals surface area contributed by atoms with E-state index in [1.54, 1.807) is 6.33 Å². The van der Waals surface area contributed by atoms with Gasteiger partial charge >= 0.3 is 0 Å². The molecule has 1 saturated carbocycles. The van der Waals surface area contributed by atoms with Gasteiger partial charge in [0.1, 0.15) is 17.0 Å². The van der Waals surface area contributed by atoms with E-state index < -0.39 is 0 Å². The highest BCUT2D eigenvalue weighted by Crippen LogP contribution is 2.39. The van der Waals surface area contributed by atoms with Crippen molar-refractivity contribution in [2.75, 3.05) is 12.4 Å². The fourth-order valence-corrected chi connectivity index (χ4v) is 6.12. The van der Waals surface area contributed by atoms with Crippen molar-refractivity contribution in [3.05, 3.63) is 52.7 Å². The van der Waals surface area contributed by atoms with Gasteiger partial charge in [0.15, 0.2) is 0 Å². The molecule has 2 aromatic heterocycles. The van der Waals surface area contributed by atoms with Crippen LogP contribution in [0.15, 0.2) is 36.7 Å². The first-order chi connectivity index (χ1) is 13.8. The highest BCUT2D eigenvalue weighted by molar-refractivity contribution is 7.19. The summed E-state index contributed by atoms with van der Waals surface area (Å²) in [7, 11) is 2.27. The summed E-state index contributed by atoms with van der Waals surface area (Å²) in [4.78, 5) is 14.4. The van der Waals surface area contributed by atoms with Gasteiger partial charge in [-0.15, -0.1) is 11.3 Å². The molecule has 0 saturated heterocycles. The smallest absolute Gasteiger partial charge is 0.138 e. The SMILES string of the molecule is CN(Cc1ccccc1)C1CCC(Nc2ncnc3sc4c(c23)CCC4)CC1. The molecule has 2 aliphatic rings. The lowest BCUT2D eigenvalue weighted by Gasteiger charge is -2.35. The molecule has 1 aromatic carbocycles. The number of hydrogen-bond donors (Lipinski definition) is 1. The van der Waals surface area contributed by atoms with Crippen LogP contribution in [0, 0.1) is 0 Å². The van der Waals surface area contributed by atoms with E-state index in [1.165, 1.54) is 71.2 Å². The van der Waals surface area contributed by atoms with Crippen molar-refractivity contribution in [1.29, 1.82) is 0 Å². The van der Waals surface area contributed by atoms with Crippen molar-refractivity contribution in [2.24, 2.45) is 0 Å². The zero-order valence-electron chi connectivity index (χ0n) is 16.5.